The van der Waals surface area contributed by atoms with E-state index < -0.39 is 23.6 Å². The fourth-order valence-corrected chi connectivity index (χ4v) is 3.52. The molecule has 1 heterocycles. The number of alkyl halides is 3. The summed E-state index contributed by atoms with van der Waals surface area (Å²) in [5, 5.41) is 3.22. The van der Waals surface area contributed by atoms with Crippen LogP contribution in [-0.2, 0) is 0 Å². The monoisotopic (exact) mass is 559 g/mol. The second-order valence-corrected chi connectivity index (χ2v) is 8.68. The minimum absolute atomic E-state index is 0.262. The third-order valence-electron chi connectivity index (χ3n) is 5.74. The zero-order valence-electron chi connectivity index (χ0n) is 24.5. The van der Waals surface area contributed by atoms with Gasteiger partial charge in [-0.25, -0.2) is 4.39 Å². The van der Waals surface area contributed by atoms with E-state index in [2.05, 4.69) is 23.8 Å². The first-order chi connectivity index (χ1) is 19.0. The summed E-state index contributed by atoms with van der Waals surface area (Å²) >= 11 is 0. The van der Waals surface area contributed by atoms with Gasteiger partial charge in [0.2, 0.25) is 0 Å². The van der Waals surface area contributed by atoms with Crippen LogP contribution in [0.15, 0.2) is 83.7 Å². The lowest BCUT2D eigenvalue weighted by molar-refractivity contribution is -0.0884. The Balaban J connectivity index is 0.00000391. The molecule has 4 nitrogen and oxygen atoms in total. The van der Waals surface area contributed by atoms with Crippen molar-refractivity contribution in [2.75, 3.05) is 7.11 Å². The summed E-state index contributed by atoms with van der Waals surface area (Å²) in [6.07, 6.45) is 6.05. The number of allylic oxidation sites excluding steroid dienone is 4. The lowest BCUT2D eigenvalue weighted by Crippen LogP contribution is -2.23. The van der Waals surface area contributed by atoms with Crippen molar-refractivity contribution < 1.29 is 22.3 Å². The highest BCUT2D eigenvalue weighted by Crippen LogP contribution is 2.30. The van der Waals surface area contributed by atoms with Crippen molar-refractivity contribution in [2.45, 2.75) is 73.0 Å². The summed E-state index contributed by atoms with van der Waals surface area (Å²) in [4.78, 5) is 8.96. The van der Waals surface area contributed by atoms with E-state index >= 15 is 0 Å². The molecule has 0 radical (unpaired) electrons. The summed E-state index contributed by atoms with van der Waals surface area (Å²) in [5.74, 6) is 0.627. The van der Waals surface area contributed by atoms with E-state index in [0.29, 0.717) is 34.0 Å². The Morgan fingerprint density at radius 3 is 2.42 bits per heavy atom. The Hall–Kier alpha value is -3.68. The van der Waals surface area contributed by atoms with Gasteiger partial charge in [0.15, 0.2) is 0 Å². The molecular formula is C32H41F4N3O. The predicted molar refractivity (Wildman–Crippen MR) is 158 cm³/mol. The van der Waals surface area contributed by atoms with Gasteiger partial charge in [0, 0.05) is 16.7 Å². The van der Waals surface area contributed by atoms with Crippen LogP contribution in [0.4, 0.5) is 17.6 Å². The van der Waals surface area contributed by atoms with Crippen molar-refractivity contribution in [1.29, 1.82) is 0 Å². The van der Waals surface area contributed by atoms with E-state index in [0.717, 1.165) is 36.8 Å². The number of ether oxygens (including phenoxy) is 1. The average molecular weight is 560 g/mol. The molecule has 218 valence electrons. The molecule has 1 unspecified atom stereocenters. The highest BCUT2D eigenvalue weighted by atomic mass is 19.4. The summed E-state index contributed by atoms with van der Waals surface area (Å²) in [6, 6.07) is 6.05. The number of hydrogen-bond acceptors (Lipinski definition) is 3. The van der Waals surface area contributed by atoms with E-state index in [1.54, 1.807) is 33.2 Å². The number of halogens is 4. The van der Waals surface area contributed by atoms with Gasteiger partial charge in [-0.05, 0) is 62.7 Å². The fourth-order valence-electron chi connectivity index (χ4n) is 3.52. The summed E-state index contributed by atoms with van der Waals surface area (Å²) in [6.45, 7) is 15.3. The molecule has 1 aromatic heterocycles. The Bertz CT molecular complexity index is 1210. The Kier molecular flexibility index (Phi) is 14.7. The van der Waals surface area contributed by atoms with E-state index in [1.165, 1.54) is 12.1 Å². The number of aromatic nitrogens is 1. The standard InChI is InChI=1S/C30H35F4N3O.C2H6/c1-7-9-10-16-35-29(37-22(5)20(3)12-13-24(11-8-2)30(32,33)34)26-17-23(18-28(38-6)21(26)4)27-15-14-25(31)19-36-27;1-2/h10-19,22H,3,7-9H2,1-2,4-6H3,(H,35,37);1-2H3/b13-12-,16-10+,24-11-;. The van der Waals surface area contributed by atoms with Crippen LogP contribution < -0.4 is 10.1 Å². The molecule has 8 heteroatoms. The van der Waals surface area contributed by atoms with Gasteiger partial charge >= 0.3 is 6.18 Å². The highest BCUT2D eigenvalue weighted by molar-refractivity contribution is 6.02. The van der Waals surface area contributed by atoms with Gasteiger partial charge in [-0.2, -0.15) is 13.2 Å². The maximum Gasteiger partial charge on any atom is 0.416 e. The van der Waals surface area contributed by atoms with Gasteiger partial charge in [-0.3, -0.25) is 9.98 Å². The second kappa shape index (κ2) is 17.1. The first-order valence-electron chi connectivity index (χ1n) is 13.5. The number of pyridine rings is 1. The number of benzene rings is 1. The van der Waals surface area contributed by atoms with Gasteiger partial charge in [0.1, 0.15) is 17.4 Å². The summed E-state index contributed by atoms with van der Waals surface area (Å²) < 4.78 is 58.9. The predicted octanol–water partition coefficient (Wildman–Crippen LogP) is 9.28. The highest BCUT2D eigenvalue weighted by Gasteiger charge is 2.31. The topological polar surface area (TPSA) is 46.5 Å². The van der Waals surface area contributed by atoms with Gasteiger partial charge < -0.3 is 10.1 Å². The van der Waals surface area contributed by atoms with Crippen LogP contribution in [0.25, 0.3) is 11.3 Å². The lowest BCUT2D eigenvalue weighted by Gasteiger charge is -2.17. The fraction of sp³-hybridized carbons (Fsp3) is 0.375. The van der Waals surface area contributed by atoms with E-state index in [9.17, 15) is 17.6 Å². The lowest BCUT2D eigenvalue weighted by atomic mass is 10.00. The molecule has 1 atom stereocenters. The average Bonchev–Trinajstić information content (AvgIpc) is 2.93. The molecule has 0 saturated heterocycles. The maximum atomic E-state index is 13.5. The quantitative estimate of drug-likeness (QED) is 0.129. The van der Waals surface area contributed by atoms with Crippen LogP contribution in [0.3, 0.4) is 0 Å². The maximum absolute atomic E-state index is 13.5. The van der Waals surface area contributed by atoms with Crippen molar-refractivity contribution in [3.63, 3.8) is 0 Å². The molecule has 0 spiro atoms. The van der Waals surface area contributed by atoms with Gasteiger partial charge in [0.25, 0.3) is 0 Å². The molecule has 0 aliphatic carbocycles. The van der Waals surface area contributed by atoms with Crippen molar-refractivity contribution in [1.82, 2.24) is 10.3 Å². The zero-order chi connectivity index (χ0) is 30.3. The third-order valence-corrected chi connectivity index (χ3v) is 5.74. The number of rotatable bonds is 11. The first kappa shape index (κ1) is 34.3. The number of aliphatic imine (C=N–C) groups is 1. The van der Waals surface area contributed by atoms with Crippen LogP contribution in [0, 0.1) is 12.7 Å². The van der Waals surface area contributed by atoms with E-state index in [-0.39, 0.29) is 6.42 Å². The molecular weight excluding hydrogens is 518 g/mol. The SMILES string of the molecule is C=C(/C=C\C(=C\CC)C(F)(F)F)C(C)N=C(N/C=C/CCC)c1cc(-c2ccc(F)cn2)cc(OC)c1C.CC. The van der Waals surface area contributed by atoms with E-state index in [4.69, 9.17) is 9.73 Å². The Labute approximate surface area is 236 Å². The molecule has 2 aromatic rings. The Morgan fingerprint density at radius 1 is 1.18 bits per heavy atom. The Morgan fingerprint density at radius 2 is 1.88 bits per heavy atom. The summed E-state index contributed by atoms with van der Waals surface area (Å²) in [5.41, 5.74) is 2.44. The smallest absolute Gasteiger partial charge is 0.416 e. The van der Waals surface area contributed by atoms with E-state index in [1.807, 2.05) is 39.0 Å². The molecule has 0 aliphatic heterocycles. The minimum Gasteiger partial charge on any atom is -0.496 e. The minimum atomic E-state index is -4.45. The van der Waals surface area contributed by atoms with Crippen LogP contribution >= 0.6 is 0 Å². The molecule has 0 amide bonds. The number of hydrogen-bond donors (Lipinski definition) is 1. The number of nitrogens with one attached hydrogen (secondary N) is 1. The van der Waals surface area contributed by atoms with Crippen molar-refractivity contribution in [3.8, 4) is 17.0 Å². The molecule has 0 fully saturated rings. The number of amidine groups is 1. The van der Waals surface area contributed by atoms with Gasteiger partial charge in [0.05, 0.1) is 30.6 Å². The van der Waals surface area contributed by atoms with Crippen molar-refractivity contribution in [2.24, 2.45) is 4.99 Å². The number of nitrogens with zero attached hydrogens (tertiary/aromatic N) is 2. The normalized spacial score (nSPS) is 13.3. The van der Waals surface area contributed by atoms with Crippen LogP contribution in [0.5, 0.6) is 5.75 Å². The largest absolute Gasteiger partial charge is 0.496 e. The molecule has 0 saturated carbocycles. The van der Waals surface area contributed by atoms with Crippen LogP contribution in [0.2, 0.25) is 0 Å². The second-order valence-electron chi connectivity index (χ2n) is 8.68. The zero-order valence-corrected chi connectivity index (χ0v) is 24.5. The molecule has 1 N–H and O–H groups in total. The van der Waals surface area contributed by atoms with Crippen molar-refractivity contribution >= 4 is 5.84 Å². The number of unbranched alkanes of at least 4 members (excludes halogenated alkanes) is 1. The van der Waals surface area contributed by atoms with Gasteiger partial charge in [-0.1, -0.05) is 65.0 Å². The molecule has 1 aromatic carbocycles. The van der Waals surface area contributed by atoms with Crippen LogP contribution in [0.1, 0.15) is 65.0 Å². The molecule has 40 heavy (non-hydrogen) atoms. The van der Waals surface area contributed by atoms with Gasteiger partial charge in [-0.15, -0.1) is 0 Å². The molecule has 0 bridgehead atoms. The van der Waals surface area contributed by atoms with Crippen molar-refractivity contribution in [3.05, 3.63) is 95.6 Å². The first-order valence-corrected chi connectivity index (χ1v) is 13.5. The molecule has 0 aliphatic rings. The summed E-state index contributed by atoms with van der Waals surface area (Å²) in [7, 11) is 1.55. The molecule has 2 rings (SSSR count). The number of methoxy groups -OCH3 is 1. The third kappa shape index (κ3) is 10.5. The van der Waals surface area contributed by atoms with Crippen LogP contribution in [-0.4, -0.2) is 30.1 Å².